The van der Waals surface area contributed by atoms with Crippen LogP contribution in [0.5, 0.6) is 0 Å². The van der Waals surface area contributed by atoms with Gasteiger partial charge in [-0.25, -0.2) is 15.0 Å². The van der Waals surface area contributed by atoms with Crippen LogP contribution in [0.2, 0.25) is 0 Å². The van der Waals surface area contributed by atoms with E-state index in [0.29, 0.717) is 28.6 Å². The molecule has 1 heterocycles. The summed E-state index contributed by atoms with van der Waals surface area (Å²) < 4.78 is 0. The molecule has 0 spiro atoms. The molecule has 4 heteroatoms. The summed E-state index contributed by atoms with van der Waals surface area (Å²) in [7, 11) is 0. The van der Waals surface area contributed by atoms with Crippen molar-refractivity contribution in [1.29, 1.82) is 5.26 Å². The van der Waals surface area contributed by atoms with Crippen LogP contribution < -0.4 is 0 Å². The van der Waals surface area contributed by atoms with Crippen LogP contribution in [0.3, 0.4) is 0 Å². The molecule has 0 amide bonds. The van der Waals surface area contributed by atoms with Crippen molar-refractivity contribution in [3.8, 4) is 51.4 Å². The highest BCUT2D eigenvalue weighted by Gasteiger charge is 2.46. The third kappa shape index (κ3) is 5.48. The van der Waals surface area contributed by atoms with Crippen molar-refractivity contribution >= 4 is 10.8 Å². The zero-order chi connectivity index (χ0) is 32.7. The van der Waals surface area contributed by atoms with Gasteiger partial charge in [0.1, 0.15) is 0 Å². The molecule has 0 radical (unpaired) electrons. The molecule has 0 N–H and O–H groups in total. The lowest BCUT2D eigenvalue weighted by Crippen LogP contribution is -2.42. The van der Waals surface area contributed by atoms with Gasteiger partial charge < -0.3 is 0 Å². The van der Waals surface area contributed by atoms with E-state index in [2.05, 4.69) is 62.4 Å². The number of hydrogen-bond donors (Lipinski definition) is 0. The molecule has 8 rings (SSSR count). The number of hydrogen-bond acceptors (Lipinski definition) is 4. The van der Waals surface area contributed by atoms with Gasteiger partial charge >= 0.3 is 0 Å². The van der Waals surface area contributed by atoms with Crippen LogP contribution in [0, 0.1) is 29.1 Å². The topological polar surface area (TPSA) is 62.5 Å². The van der Waals surface area contributed by atoms with Gasteiger partial charge in [-0.05, 0) is 94.9 Å². The Labute approximate surface area is 283 Å². The van der Waals surface area contributed by atoms with E-state index in [1.54, 1.807) is 0 Å². The molecule has 4 atom stereocenters. The maximum absolute atomic E-state index is 10.5. The van der Waals surface area contributed by atoms with E-state index < -0.39 is 0 Å². The number of aromatic nitrogens is 3. The largest absolute Gasteiger partial charge is 0.208 e. The Balaban J connectivity index is 1.23. The Morgan fingerprint density at radius 2 is 1.27 bits per heavy atom. The fraction of sp³-hybridized carbons (Fsp3) is 0.273. The van der Waals surface area contributed by atoms with E-state index in [1.165, 1.54) is 54.9 Å². The minimum absolute atomic E-state index is 0.243. The number of nitrogens with zero attached hydrogens (tertiary/aromatic N) is 4. The summed E-state index contributed by atoms with van der Waals surface area (Å²) in [4.78, 5) is 14.6. The first kappa shape index (κ1) is 30.2. The number of nitriles is 1. The quantitative estimate of drug-likeness (QED) is 0.185. The molecule has 2 fully saturated rings. The van der Waals surface area contributed by atoms with Crippen LogP contribution in [0.1, 0.15) is 63.5 Å². The van der Waals surface area contributed by atoms with Crippen molar-refractivity contribution in [3.05, 3.63) is 126 Å². The standard InChI is InChI=1S/C44H40N4/c1-3-30-23-31-22-29(2)25-44(26-30,27-31)40-21-20-36(38-16-10-11-17-39(38)40)34-18-19-37(35(24-34)28-45)43-47-41(32-12-6-4-7-13-32)46-42(48-43)33-14-8-5-9-15-33/h4-21,24,29-31H,3,22-23,25-27H2,1-2H3/t29-,30+,31-,44?/m0/s1. The van der Waals surface area contributed by atoms with Gasteiger partial charge in [-0.2, -0.15) is 5.26 Å². The van der Waals surface area contributed by atoms with E-state index in [0.717, 1.165) is 40.0 Å². The molecule has 2 saturated carbocycles. The predicted octanol–water partition coefficient (Wildman–Crippen LogP) is 11.1. The summed E-state index contributed by atoms with van der Waals surface area (Å²) >= 11 is 0. The van der Waals surface area contributed by atoms with E-state index in [9.17, 15) is 5.26 Å². The first-order chi connectivity index (χ1) is 23.5. The molecule has 236 valence electrons. The molecular weight excluding hydrogens is 585 g/mol. The van der Waals surface area contributed by atoms with Crippen molar-refractivity contribution < 1.29 is 0 Å². The molecule has 6 aromatic rings. The second-order valence-electron chi connectivity index (χ2n) is 14.2. The maximum Gasteiger partial charge on any atom is 0.165 e. The number of rotatable bonds is 6. The van der Waals surface area contributed by atoms with Gasteiger partial charge in [0.05, 0.1) is 11.6 Å². The second kappa shape index (κ2) is 12.5. The Bertz CT molecular complexity index is 2090. The molecule has 0 saturated heterocycles. The highest BCUT2D eigenvalue weighted by Crippen LogP contribution is 2.56. The Morgan fingerprint density at radius 1 is 0.646 bits per heavy atom. The van der Waals surface area contributed by atoms with Crippen LogP contribution in [0.25, 0.3) is 56.1 Å². The first-order valence-corrected chi connectivity index (χ1v) is 17.5. The summed E-state index contributed by atoms with van der Waals surface area (Å²) in [5.74, 6) is 4.05. The molecule has 2 bridgehead atoms. The summed E-state index contributed by atoms with van der Waals surface area (Å²) in [6.07, 6.45) is 7.92. The van der Waals surface area contributed by atoms with Crippen molar-refractivity contribution in [1.82, 2.24) is 15.0 Å². The Kier molecular flexibility index (Phi) is 7.85. The van der Waals surface area contributed by atoms with Gasteiger partial charge in [-0.1, -0.05) is 123 Å². The van der Waals surface area contributed by atoms with Gasteiger partial charge in [0.25, 0.3) is 0 Å². The van der Waals surface area contributed by atoms with Crippen LogP contribution in [0.4, 0.5) is 0 Å². The molecular formula is C44H40N4. The zero-order valence-corrected chi connectivity index (χ0v) is 27.7. The molecule has 4 nitrogen and oxygen atoms in total. The Morgan fingerprint density at radius 3 is 1.94 bits per heavy atom. The second-order valence-corrected chi connectivity index (χ2v) is 14.2. The fourth-order valence-corrected chi connectivity index (χ4v) is 9.07. The smallest absolute Gasteiger partial charge is 0.165 e. The average Bonchev–Trinajstić information content (AvgIpc) is 3.14. The monoisotopic (exact) mass is 624 g/mol. The highest BCUT2D eigenvalue weighted by molar-refractivity contribution is 5.99. The lowest BCUT2D eigenvalue weighted by Gasteiger charge is -2.51. The first-order valence-electron chi connectivity index (χ1n) is 17.5. The van der Waals surface area contributed by atoms with E-state index in [-0.39, 0.29) is 5.41 Å². The maximum atomic E-state index is 10.5. The lowest BCUT2D eigenvalue weighted by molar-refractivity contribution is 0.0712. The van der Waals surface area contributed by atoms with E-state index in [4.69, 9.17) is 15.0 Å². The van der Waals surface area contributed by atoms with Crippen LogP contribution in [-0.4, -0.2) is 15.0 Å². The summed E-state index contributed by atoms with van der Waals surface area (Å²) in [5.41, 5.74) is 7.01. The minimum Gasteiger partial charge on any atom is -0.208 e. The molecule has 48 heavy (non-hydrogen) atoms. The zero-order valence-electron chi connectivity index (χ0n) is 27.7. The fourth-order valence-electron chi connectivity index (χ4n) is 9.07. The summed E-state index contributed by atoms with van der Waals surface area (Å²) in [6, 6.07) is 42.2. The SMILES string of the molecule is CC[C@@H]1C[C@@H]2C[C@H](C)CC(c3ccc(-c4ccc(-c5nc(-c6ccccc6)nc(-c6ccccc6)n5)c(C#N)c4)c4ccccc34)(C1)C2. The van der Waals surface area contributed by atoms with Gasteiger partial charge in [0.2, 0.25) is 0 Å². The molecule has 2 aliphatic rings. The van der Waals surface area contributed by atoms with E-state index in [1.807, 2.05) is 72.8 Å². The van der Waals surface area contributed by atoms with Crippen LogP contribution in [-0.2, 0) is 5.41 Å². The number of fused-ring (bicyclic) bond motifs is 3. The highest BCUT2D eigenvalue weighted by atomic mass is 15.0. The summed E-state index contributed by atoms with van der Waals surface area (Å²) in [5, 5.41) is 13.1. The Hall–Kier alpha value is -5.14. The molecule has 1 unspecified atom stereocenters. The molecule has 2 aliphatic carbocycles. The van der Waals surface area contributed by atoms with Crippen molar-refractivity contribution in [2.45, 2.75) is 57.8 Å². The third-order valence-electron chi connectivity index (χ3n) is 11.0. The molecule has 5 aromatic carbocycles. The van der Waals surface area contributed by atoms with Crippen LogP contribution >= 0.6 is 0 Å². The van der Waals surface area contributed by atoms with Gasteiger partial charge in [0.15, 0.2) is 17.5 Å². The summed E-state index contributed by atoms with van der Waals surface area (Å²) in [6.45, 7) is 4.84. The van der Waals surface area contributed by atoms with Crippen molar-refractivity contribution in [2.75, 3.05) is 0 Å². The van der Waals surface area contributed by atoms with E-state index >= 15 is 0 Å². The van der Waals surface area contributed by atoms with Crippen molar-refractivity contribution in [3.63, 3.8) is 0 Å². The van der Waals surface area contributed by atoms with Gasteiger partial charge in [-0.15, -0.1) is 0 Å². The average molecular weight is 625 g/mol. The van der Waals surface area contributed by atoms with Gasteiger partial charge in [0, 0.05) is 16.7 Å². The lowest BCUT2D eigenvalue weighted by atomic mass is 9.53. The normalized spacial score (nSPS) is 21.9. The minimum atomic E-state index is 0.243. The molecule has 0 aliphatic heterocycles. The van der Waals surface area contributed by atoms with Crippen LogP contribution in [0.15, 0.2) is 115 Å². The number of benzene rings is 5. The predicted molar refractivity (Wildman–Crippen MR) is 195 cm³/mol. The third-order valence-corrected chi connectivity index (χ3v) is 11.0. The van der Waals surface area contributed by atoms with Gasteiger partial charge in [-0.3, -0.25) is 0 Å². The molecule has 1 aromatic heterocycles. The van der Waals surface area contributed by atoms with Crippen molar-refractivity contribution in [2.24, 2.45) is 17.8 Å².